The number of hydrogen-bond acceptors (Lipinski definition) is 5. The highest BCUT2D eigenvalue weighted by Crippen LogP contribution is 2.26. The Bertz CT molecular complexity index is 904. The fourth-order valence-electron chi connectivity index (χ4n) is 1.94. The van der Waals surface area contributed by atoms with E-state index in [1.807, 2.05) is 0 Å². The lowest BCUT2D eigenvalue weighted by atomic mass is 10.3. The van der Waals surface area contributed by atoms with Gasteiger partial charge in [0.15, 0.2) is 0 Å². The Balaban J connectivity index is 2.57. The van der Waals surface area contributed by atoms with Gasteiger partial charge in [0.2, 0.25) is 5.24 Å². The summed E-state index contributed by atoms with van der Waals surface area (Å²) in [5.74, 6) is -0.714. The van der Waals surface area contributed by atoms with Gasteiger partial charge < -0.3 is 0 Å². The predicted octanol–water partition coefficient (Wildman–Crippen LogP) is 2.69. The average Bonchev–Trinajstić information content (AvgIpc) is 2.52. The van der Waals surface area contributed by atoms with Crippen molar-refractivity contribution in [3.63, 3.8) is 0 Å². The normalized spacial score (nSPS) is 11.1. The number of nitrogens with zero attached hydrogens (tertiary/aromatic N) is 2. The molecule has 0 aliphatic heterocycles. The zero-order chi connectivity index (χ0) is 17.9. The molecule has 0 heterocycles. The van der Waals surface area contributed by atoms with Crippen molar-refractivity contribution < 1.29 is 22.5 Å². The lowest BCUT2D eigenvalue weighted by Crippen LogP contribution is -2.34. The molecule has 2 aromatic rings. The van der Waals surface area contributed by atoms with Crippen LogP contribution in [0, 0.1) is 15.9 Å². The van der Waals surface area contributed by atoms with Crippen LogP contribution in [-0.4, -0.2) is 25.1 Å². The van der Waals surface area contributed by atoms with Crippen LogP contribution in [0.3, 0.4) is 0 Å². The summed E-state index contributed by atoms with van der Waals surface area (Å²) in [5.41, 5.74) is -0.567. The molecule has 0 saturated carbocycles. The molecule has 0 unspecified atom stereocenters. The van der Waals surface area contributed by atoms with Gasteiger partial charge in [-0.25, -0.2) is 12.8 Å². The SMILES string of the molecule is O=C(Cl)CN(c1cccc(F)c1)S(=O)(=O)c1cccc([N+](=O)[O-])c1. The molecule has 24 heavy (non-hydrogen) atoms. The quantitative estimate of drug-likeness (QED) is 0.441. The summed E-state index contributed by atoms with van der Waals surface area (Å²) < 4.78 is 39.4. The van der Waals surface area contributed by atoms with E-state index in [1.165, 1.54) is 18.2 Å². The van der Waals surface area contributed by atoms with Crippen molar-refractivity contribution in [3.8, 4) is 0 Å². The predicted molar refractivity (Wildman–Crippen MR) is 84.9 cm³/mol. The van der Waals surface area contributed by atoms with Crippen LogP contribution in [0.4, 0.5) is 15.8 Å². The summed E-state index contributed by atoms with van der Waals surface area (Å²) in [6.45, 7) is -0.754. The van der Waals surface area contributed by atoms with Crippen LogP contribution in [0.15, 0.2) is 53.4 Å². The van der Waals surface area contributed by atoms with E-state index in [0.717, 1.165) is 30.3 Å². The fourth-order valence-corrected chi connectivity index (χ4v) is 3.59. The number of carbonyl (C=O) groups excluding carboxylic acids is 1. The van der Waals surface area contributed by atoms with E-state index in [2.05, 4.69) is 0 Å². The second-order valence-electron chi connectivity index (χ2n) is 4.60. The first-order valence-electron chi connectivity index (χ1n) is 6.43. The lowest BCUT2D eigenvalue weighted by Gasteiger charge is -2.22. The molecule has 126 valence electrons. The van der Waals surface area contributed by atoms with Gasteiger partial charge in [0.1, 0.15) is 12.4 Å². The third kappa shape index (κ3) is 3.87. The summed E-state index contributed by atoms with van der Waals surface area (Å²) in [5, 5.41) is 9.82. The first kappa shape index (κ1) is 17.8. The van der Waals surface area contributed by atoms with E-state index in [9.17, 15) is 27.7 Å². The van der Waals surface area contributed by atoms with E-state index in [4.69, 9.17) is 11.6 Å². The van der Waals surface area contributed by atoms with Crippen LogP contribution in [0.2, 0.25) is 0 Å². The van der Waals surface area contributed by atoms with Crippen LogP contribution in [0.25, 0.3) is 0 Å². The number of carbonyl (C=O) groups is 1. The topological polar surface area (TPSA) is 97.6 Å². The monoisotopic (exact) mass is 372 g/mol. The number of rotatable bonds is 6. The largest absolute Gasteiger partial charge is 0.279 e. The Kier molecular flexibility index (Phi) is 5.15. The number of sulfonamides is 1. The zero-order valence-electron chi connectivity index (χ0n) is 11.9. The lowest BCUT2D eigenvalue weighted by molar-refractivity contribution is -0.385. The van der Waals surface area contributed by atoms with Crippen molar-refractivity contribution in [2.24, 2.45) is 0 Å². The maximum Gasteiger partial charge on any atom is 0.270 e. The van der Waals surface area contributed by atoms with Gasteiger partial charge in [-0.2, -0.15) is 0 Å². The third-order valence-electron chi connectivity index (χ3n) is 2.98. The molecular weight excluding hydrogens is 363 g/mol. The number of benzene rings is 2. The number of anilines is 1. The Morgan fingerprint density at radius 3 is 2.46 bits per heavy atom. The summed E-state index contributed by atoms with van der Waals surface area (Å²) >= 11 is 5.29. The van der Waals surface area contributed by atoms with Gasteiger partial charge in [-0.15, -0.1) is 0 Å². The minimum absolute atomic E-state index is 0.129. The van der Waals surface area contributed by atoms with Crippen molar-refractivity contribution in [2.75, 3.05) is 10.8 Å². The molecule has 0 aliphatic rings. The highest BCUT2D eigenvalue weighted by molar-refractivity contribution is 7.92. The average molecular weight is 373 g/mol. The maximum atomic E-state index is 13.4. The first-order valence-corrected chi connectivity index (χ1v) is 8.25. The summed E-state index contributed by atoms with van der Waals surface area (Å²) in [6, 6.07) is 8.85. The standard InChI is InChI=1S/C14H10ClFN2O5S/c15-14(19)9-17(11-4-1-3-10(16)7-11)24(22,23)13-6-2-5-12(8-13)18(20)21/h1-8H,9H2. The van der Waals surface area contributed by atoms with Gasteiger partial charge in [0.25, 0.3) is 15.7 Å². The summed E-state index contributed by atoms with van der Waals surface area (Å²) in [7, 11) is -4.37. The Labute approximate surface area is 141 Å². The Hall–Kier alpha value is -2.52. The minimum Gasteiger partial charge on any atom is -0.279 e. The van der Waals surface area contributed by atoms with E-state index >= 15 is 0 Å². The molecule has 2 aromatic carbocycles. The van der Waals surface area contributed by atoms with Crippen molar-refractivity contribution in [2.45, 2.75) is 4.90 Å². The molecule has 0 aliphatic carbocycles. The maximum absolute atomic E-state index is 13.4. The van der Waals surface area contributed by atoms with E-state index in [-0.39, 0.29) is 5.69 Å². The van der Waals surface area contributed by atoms with Crippen LogP contribution in [0.1, 0.15) is 0 Å². The molecule has 0 saturated heterocycles. The molecule has 0 radical (unpaired) electrons. The number of hydrogen-bond donors (Lipinski definition) is 0. The molecule has 0 fully saturated rings. The molecule has 0 N–H and O–H groups in total. The van der Waals surface area contributed by atoms with Crippen molar-refractivity contribution in [1.82, 2.24) is 0 Å². The molecule has 10 heteroatoms. The highest BCUT2D eigenvalue weighted by Gasteiger charge is 2.28. The van der Waals surface area contributed by atoms with E-state index < -0.39 is 43.1 Å². The molecular formula is C14H10ClFN2O5S. The molecule has 0 atom stereocenters. The first-order chi connectivity index (χ1) is 11.2. The number of halogens is 2. The zero-order valence-corrected chi connectivity index (χ0v) is 13.5. The smallest absolute Gasteiger partial charge is 0.270 e. The van der Waals surface area contributed by atoms with Crippen molar-refractivity contribution in [3.05, 3.63) is 64.5 Å². The van der Waals surface area contributed by atoms with Gasteiger partial charge in [-0.1, -0.05) is 12.1 Å². The molecule has 0 aromatic heterocycles. The minimum atomic E-state index is -4.37. The van der Waals surface area contributed by atoms with Crippen LogP contribution in [0.5, 0.6) is 0 Å². The molecule has 0 amide bonds. The third-order valence-corrected chi connectivity index (χ3v) is 4.87. The van der Waals surface area contributed by atoms with Gasteiger partial charge in [-0.05, 0) is 35.9 Å². The summed E-state index contributed by atoms with van der Waals surface area (Å²) in [6.07, 6.45) is 0. The van der Waals surface area contributed by atoms with Crippen molar-refractivity contribution in [1.29, 1.82) is 0 Å². The fraction of sp³-hybridized carbons (Fsp3) is 0.0714. The molecule has 2 rings (SSSR count). The van der Waals surface area contributed by atoms with Crippen molar-refractivity contribution >= 4 is 38.2 Å². The molecule has 0 bridgehead atoms. The Morgan fingerprint density at radius 1 is 1.21 bits per heavy atom. The van der Waals surface area contributed by atoms with Crippen LogP contribution in [-0.2, 0) is 14.8 Å². The van der Waals surface area contributed by atoms with E-state index in [1.54, 1.807) is 0 Å². The molecule has 0 spiro atoms. The van der Waals surface area contributed by atoms with E-state index in [0.29, 0.717) is 4.31 Å². The highest BCUT2D eigenvalue weighted by atomic mass is 35.5. The number of nitro groups is 1. The van der Waals surface area contributed by atoms with Gasteiger partial charge in [0.05, 0.1) is 15.5 Å². The second kappa shape index (κ2) is 6.93. The van der Waals surface area contributed by atoms with Gasteiger partial charge >= 0.3 is 0 Å². The number of nitro benzene ring substituents is 1. The van der Waals surface area contributed by atoms with Gasteiger partial charge in [0, 0.05) is 12.1 Å². The van der Waals surface area contributed by atoms with Crippen LogP contribution < -0.4 is 4.31 Å². The Morgan fingerprint density at radius 2 is 1.88 bits per heavy atom. The number of non-ortho nitro benzene ring substituents is 1. The second-order valence-corrected chi connectivity index (χ2v) is 6.89. The molecule has 7 nitrogen and oxygen atoms in total. The van der Waals surface area contributed by atoms with Gasteiger partial charge in [-0.3, -0.25) is 19.2 Å². The van der Waals surface area contributed by atoms with Crippen LogP contribution >= 0.6 is 11.6 Å². The summed E-state index contributed by atoms with van der Waals surface area (Å²) in [4.78, 5) is 20.9.